The molecular formula is C14H10Cl2FN3O. The minimum Gasteiger partial charge on any atom is -0.310 e. The van der Waals surface area contributed by atoms with Crippen molar-refractivity contribution < 1.29 is 9.18 Å². The number of aromatic nitrogens is 2. The average Bonchev–Trinajstić information content (AvgIpc) is 3.22. The first-order chi connectivity index (χ1) is 10.1. The summed E-state index contributed by atoms with van der Waals surface area (Å²) < 4.78 is 13.9. The quantitative estimate of drug-likeness (QED) is 0.876. The molecule has 0 aliphatic heterocycles. The summed E-state index contributed by atoms with van der Waals surface area (Å²) in [7, 11) is 0. The summed E-state index contributed by atoms with van der Waals surface area (Å²) >= 11 is 11.5. The molecule has 2 aromatic rings. The van der Waals surface area contributed by atoms with Crippen molar-refractivity contribution >= 4 is 34.9 Å². The Labute approximate surface area is 130 Å². The van der Waals surface area contributed by atoms with Crippen LogP contribution in [0.2, 0.25) is 10.2 Å². The number of benzene rings is 1. The third-order valence-corrected chi connectivity index (χ3v) is 3.89. The monoisotopic (exact) mass is 325 g/mol. The van der Waals surface area contributed by atoms with Gasteiger partial charge in [-0.15, -0.1) is 0 Å². The number of nitrogens with zero attached hydrogens (tertiary/aromatic N) is 2. The molecule has 0 spiro atoms. The highest BCUT2D eigenvalue weighted by Crippen LogP contribution is 2.49. The second-order valence-corrected chi connectivity index (χ2v) is 5.60. The maximum absolute atomic E-state index is 13.9. The minimum atomic E-state index is -0.454. The fourth-order valence-corrected chi connectivity index (χ4v) is 2.59. The number of rotatable bonds is 3. The van der Waals surface area contributed by atoms with E-state index in [1.807, 2.05) is 0 Å². The first kappa shape index (κ1) is 14.2. The number of halogens is 3. The van der Waals surface area contributed by atoms with Crippen LogP contribution in [0.1, 0.15) is 17.9 Å². The van der Waals surface area contributed by atoms with Crippen LogP contribution in [0.25, 0.3) is 0 Å². The Balaban J connectivity index is 1.70. The SMILES string of the molecule is O=C(Nc1cc(Cl)ncn1)[C@H]1CC1c1cccc(Cl)c1F. The number of carbonyl (C=O) groups excluding carboxylic acids is 1. The second kappa shape index (κ2) is 5.58. The molecule has 21 heavy (non-hydrogen) atoms. The normalized spacial score (nSPS) is 20.1. The van der Waals surface area contributed by atoms with Gasteiger partial charge >= 0.3 is 0 Å². The van der Waals surface area contributed by atoms with E-state index >= 15 is 0 Å². The van der Waals surface area contributed by atoms with E-state index in [1.54, 1.807) is 12.1 Å². The van der Waals surface area contributed by atoms with Crippen molar-refractivity contribution in [2.75, 3.05) is 5.32 Å². The molecule has 0 bridgehead atoms. The van der Waals surface area contributed by atoms with Crippen LogP contribution in [0.15, 0.2) is 30.6 Å². The van der Waals surface area contributed by atoms with Gasteiger partial charge in [-0.3, -0.25) is 4.79 Å². The molecule has 1 amide bonds. The van der Waals surface area contributed by atoms with Crippen molar-refractivity contribution in [1.29, 1.82) is 0 Å². The molecule has 1 aromatic heterocycles. The van der Waals surface area contributed by atoms with Crippen LogP contribution in [0.4, 0.5) is 10.2 Å². The molecule has 1 saturated carbocycles. The van der Waals surface area contributed by atoms with E-state index in [0.29, 0.717) is 17.8 Å². The summed E-state index contributed by atoms with van der Waals surface area (Å²) in [5, 5.41) is 2.96. The van der Waals surface area contributed by atoms with Crippen LogP contribution >= 0.6 is 23.2 Å². The molecule has 1 N–H and O–H groups in total. The molecule has 7 heteroatoms. The molecule has 1 fully saturated rings. The predicted molar refractivity (Wildman–Crippen MR) is 77.9 cm³/mol. The van der Waals surface area contributed by atoms with Gasteiger partial charge in [0.2, 0.25) is 5.91 Å². The van der Waals surface area contributed by atoms with Gasteiger partial charge in [0.25, 0.3) is 0 Å². The van der Waals surface area contributed by atoms with Crippen LogP contribution in [-0.2, 0) is 4.79 Å². The third-order valence-electron chi connectivity index (χ3n) is 3.39. The van der Waals surface area contributed by atoms with E-state index in [1.165, 1.54) is 18.5 Å². The van der Waals surface area contributed by atoms with Gasteiger partial charge in [-0.2, -0.15) is 0 Å². The van der Waals surface area contributed by atoms with Gasteiger partial charge in [-0.25, -0.2) is 14.4 Å². The number of carbonyl (C=O) groups is 1. The molecule has 4 nitrogen and oxygen atoms in total. The topological polar surface area (TPSA) is 54.9 Å². The van der Waals surface area contributed by atoms with Crippen molar-refractivity contribution in [3.05, 3.63) is 52.1 Å². The summed E-state index contributed by atoms with van der Waals surface area (Å²) in [6, 6.07) is 6.27. The average molecular weight is 326 g/mol. The molecule has 1 aliphatic carbocycles. The van der Waals surface area contributed by atoms with E-state index in [9.17, 15) is 9.18 Å². The van der Waals surface area contributed by atoms with Crippen molar-refractivity contribution in [3.63, 3.8) is 0 Å². The third kappa shape index (κ3) is 2.99. The van der Waals surface area contributed by atoms with E-state index in [-0.39, 0.29) is 27.9 Å². The molecule has 0 saturated heterocycles. The second-order valence-electron chi connectivity index (χ2n) is 4.81. The van der Waals surface area contributed by atoms with Gasteiger partial charge < -0.3 is 5.32 Å². The highest BCUT2D eigenvalue weighted by molar-refractivity contribution is 6.30. The van der Waals surface area contributed by atoms with E-state index in [2.05, 4.69) is 15.3 Å². The maximum Gasteiger partial charge on any atom is 0.229 e. The van der Waals surface area contributed by atoms with Gasteiger partial charge in [0.1, 0.15) is 23.1 Å². The lowest BCUT2D eigenvalue weighted by Gasteiger charge is -2.05. The lowest BCUT2D eigenvalue weighted by atomic mass is 10.1. The minimum absolute atomic E-state index is 0.0705. The van der Waals surface area contributed by atoms with Crippen LogP contribution in [-0.4, -0.2) is 15.9 Å². The number of anilines is 1. The van der Waals surface area contributed by atoms with Crippen LogP contribution in [0, 0.1) is 11.7 Å². The number of nitrogens with one attached hydrogen (secondary N) is 1. The Morgan fingerprint density at radius 2 is 2.14 bits per heavy atom. The molecule has 3 rings (SSSR count). The Bertz CT molecular complexity index is 710. The Morgan fingerprint density at radius 3 is 2.90 bits per heavy atom. The standard InChI is InChI=1S/C14H10Cl2FN3O/c15-10-3-1-2-7(13(10)17)8-4-9(8)14(21)20-12-5-11(16)18-6-19-12/h1-3,5-6,8-9H,4H2,(H,18,19,20,21)/t8?,9-/m0/s1. The summed E-state index contributed by atoms with van der Waals surface area (Å²) in [5.41, 5.74) is 0.475. The van der Waals surface area contributed by atoms with Crippen LogP contribution in [0.5, 0.6) is 0 Å². The number of hydrogen-bond acceptors (Lipinski definition) is 3. The number of amides is 1. The highest BCUT2D eigenvalue weighted by Gasteiger charge is 2.45. The molecule has 1 aliphatic rings. The van der Waals surface area contributed by atoms with Crippen molar-refractivity contribution in [3.8, 4) is 0 Å². The molecule has 2 atom stereocenters. The van der Waals surface area contributed by atoms with Gasteiger partial charge in [0.15, 0.2) is 0 Å². The Hall–Kier alpha value is -1.72. The van der Waals surface area contributed by atoms with E-state index in [4.69, 9.17) is 23.2 Å². The van der Waals surface area contributed by atoms with Crippen molar-refractivity contribution in [2.24, 2.45) is 5.92 Å². The van der Waals surface area contributed by atoms with Gasteiger partial charge in [0.05, 0.1) is 5.02 Å². The van der Waals surface area contributed by atoms with Gasteiger partial charge in [-0.05, 0) is 24.0 Å². The maximum atomic E-state index is 13.9. The first-order valence-corrected chi connectivity index (χ1v) is 7.04. The lowest BCUT2D eigenvalue weighted by Crippen LogP contribution is -2.15. The van der Waals surface area contributed by atoms with Gasteiger partial charge in [-0.1, -0.05) is 35.3 Å². The summed E-state index contributed by atoms with van der Waals surface area (Å²) in [6.45, 7) is 0. The first-order valence-electron chi connectivity index (χ1n) is 6.28. The fourth-order valence-electron chi connectivity index (χ4n) is 2.26. The Kier molecular flexibility index (Phi) is 3.78. The zero-order valence-corrected chi connectivity index (χ0v) is 12.2. The Morgan fingerprint density at radius 1 is 1.33 bits per heavy atom. The zero-order valence-electron chi connectivity index (χ0n) is 10.7. The highest BCUT2D eigenvalue weighted by atomic mass is 35.5. The van der Waals surface area contributed by atoms with E-state index < -0.39 is 5.82 Å². The summed E-state index contributed by atoms with van der Waals surface area (Å²) in [6.07, 6.45) is 1.85. The zero-order chi connectivity index (χ0) is 15.0. The molecular weight excluding hydrogens is 316 g/mol. The lowest BCUT2D eigenvalue weighted by molar-refractivity contribution is -0.117. The van der Waals surface area contributed by atoms with Crippen LogP contribution in [0.3, 0.4) is 0 Å². The smallest absolute Gasteiger partial charge is 0.229 e. The predicted octanol–water partition coefficient (Wildman–Crippen LogP) is 3.66. The fraction of sp³-hybridized carbons (Fsp3) is 0.214. The van der Waals surface area contributed by atoms with Crippen LogP contribution < -0.4 is 5.32 Å². The molecule has 108 valence electrons. The van der Waals surface area contributed by atoms with Gasteiger partial charge in [0, 0.05) is 12.0 Å². The summed E-state index contributed by atoms with van der Waals surface area (Å²) in [4.78, 5) is 19.7. The molecule has 1 heterocycles. The van der Waals surface area contributed by atoms with E-state index in [0.717, 1.165) is 0 Å². The van der Waals surface area contributed by atoms with Crippen molar-refractivity contribution in [1.82, 2.24) is 9.97 Å². The molecule has 1 aromatic carbocycles. The largest absolute Gasteiger partial charge is 0.310 e. The molecule has 1 unspecified atom stereocenters. The summed E-state index contributed by atoms with van der Waals surface area (Å²) in [5.74, 6) is -0.774. The molecule has 0 radical (unpaired) electrons. The van der Waals surface area contributed by atoms with Crippen molar-refractivity contribution in [2.45, 2.75) is 12.3 Å². The number of hydrogen-bond donors (Lipinski definition) is 1.